The molecule has 0 aromatic heterocycles. The number of rotatable bonds is 4. The number of methoxy groups -OCH3 is 1. The van der Waals surface area contributed by atoms with Crippen LogP contribution in [0.5, 0.6) is 5.75 Å². The summed E-state index contributed by atoms with van der Waals surface area (Å²) < 4.78 is 24.2. The van der Waals surface area contributed by atoms with E-state index in [1.807, 2.05) is 29.2 Å². The molecule has 152 valence electrons. The Balaban J connectivity index is 1.72. The van der Waals surface area contributed by atoms with Crippen molar-refractivity contribution in [3.8, 4) is 5.75 Å². The number of hydrogen-bond donors (Lipinski definition) is 2. The van der Waals surface area contributed by atoms with Crippen LogP contribution in [-0.4, -0.2) is 56.5 Å². The van der Waals surface area contributed by atoms with Crippen molar-refractivity contribution in [1.29, 1.82) is 0 Å². The molecule has 1 fully saturated rings. The van der Waals surface area contributed by atoms with Gasteiger partial charge in [-0.15, -0.1) is 0 Å². The van der Waals surface area contributed by atoms with Crippen LogP contribution in [0, 0.1) is 5.82 Å². The van der Waals surface area contributed by atoms with E-state index in [9.17, 15) is 4.39 Å². The van der Waals surface area contributed by atoms with E-state index in [4.69, 9.17) is 15.2 Å². The first-order valence-corrected chi connectivity index (χ1v) is 9.34. The van der Waals surface area contributed by atoms with Crippen LogP contribution in [0.25, 0.3) is 0 Å². The SMILES string of the molecule is COc1cccc(N2C(N3CCOCC3)=NC(N)=NC2Nc2ccc(F)cc2)c1. The van der Waals surface area contributed by atoms with Gasteiger partial charge in [0, 0.05) is 24.8 Å². The molecule has 2 aliphatic rings. The first-order valence-electron chi connectivity index (χ1n) is 9.34. The smallest absolute Gasteiger partial charge is 0.222 e. The molecule has 29 heavy (non-hydrogen) atoms. The van der Waals surface area contributed by atoms with E-state index in [-0.39, 0.29) is 11.8 Å². The maximum absolute atomic E-state index is 13.3. The number of benzene rings is 2. The highest BCUT2D eigenvalue weighted by Gasteiger charge is 2.32. The number of anilines is 2. The van der Waals surface area contributed by atoms with Crippen molar-refractivity contribution in [1.82, 2.24) is 4.90 Å². The molecule has 2 heterocycles. The molecule has 0 radical (unpaired) electrons. The lowest BCUT2D eigenvalue weighted by Gasteiger charge is -2.41. The maximum Gasteiger partial charge on any atom is 0.222 e. The Morgan fingerprint density at radius 2 is 1.93 bits per heavy atom. The van der Waals surface area contributed by atoms with Crippen LogP contribution in [0.1, 0.15) is 0 Å². The summed E-state index contributed by atoms with van der Waals surface area (Å²) >= 11 is 0. The number of hydrogen-bond acceptors (Lipinski definition) is 8. The number of aliphatic imine (C=N–C) groups is 2. The summed E-state index contributed by atoms with van der Waals surface area (Å²) in [5, 5.41) is 3.31. The van der Waals surface area contributed by atoms with Crippen LogP contribution in [0.15, 0.2) is 58.5 Å². The highest BCUT2D eigenvalue weighted by molar-refractivity contribution is 6.06. The van der Waals surface area contributed by atoms with Crippen molar-refractivity contribution in [3.63, 3.8) is 0 Å². The minimum absolute atomic E-state index is 0.172. The fraction of sp³-hybridized carbons (Fsp3) is 0.300. The van der Waals surface area contributed by atoms with Gasteiger partial charge in [-0.1, -0.05) is 6.07 Å². The number of ether oxygens (including phenoxy) is 2. The zero-order valence-electron chi connectivity index (χ0n) is 16.1. The third-order valence-corrected chi connectivity index (χ3v) is 4.69. The van der Waals surface area contributed by atoms with Gasteiger partial charge in [0.15, 0.2) is 0 Å². The van der Waals surface area contributed by atoms with Gasteiger partial charge in [0.2, 0.25) is 18.2 Å². The van der Waals surface area contributed by atoms with Gasteiger partial charge in [0.1, 0.15) is 11.6 Å². The second kappa shape index (κ2) is 8.36. The molecule has 0 spiro atoms. The largest absolute Gasteiger partial charge is 0.497 e. The molecule has 2 aromatic rings. The normalized spacial score (nSPS) is 19.4. The molecule has 0 aliphatic carbocycles. The minimum atomic E-state index is -0.567. The highest BCUT2D eigenvalue weighted by Crippen LogP contribution is 2.27. The molecular formula is C20H23FN6O2. The fourth-order valence-corrected chi connectivity index (χ4v) is 3.27. The van der Waals surface area contributed by atoms with Gasteiger partial charge in [-0.3, -0.25) is 4.90 Å². The van der Waals surface area contributed by atoms with Gasteiger partial charge in [0.25, 0.3) is 0 Å². The van der Waals surface area contributed by atoms with Crippen molar-refractivity contribution >= 4 is 23.3 Å². The third kappa shape index (κ3) is 4.24. The predicted octanol–water partition coefficient (Wildman–Crippen LogP) is 2.05. The molecule has 1 unspecified atom stereocenters. The van der Waals surface area contributed by atoms with E-state index in [1.165, 1.54) is 12.1 Å². The summed E-state index contributed by atoms with van der Waals surface area (Å²) in [6, 6.07) is 13.7. The topological polar surface area (TPSA) is 87.7 Å². The van der Waals surface area contributed by atoms with Crippen molar-refractivity contribution in [2.75, 3.05) is 43.6 Å². The summed E-state index contributed by atoms with van der Waals surface area (Å²) in [6.45, 7) is 2.60. The van der Waals surface area contributed by atoms with Crippen LogP contribution < -0.4 is 20.7 Å². The quantitative estimate of drug-likeness (QED) is 0.820. The average Bonchev–Trinajstić information content (AvgIpc) is 2.75. The van der Waals surface area contributed by atoms with Gasteiger partial charge < -0.3 is 25.4 Å². The molecule has 0 bridgehead atoms. The molecule has 4 rings (SSSR count). The lowest BCUT2D eigenvalue weighted by atomic mass is 10.2. The monoisotopic (exact) mass is 398 g/mol. The second-order valence-electron chi connectivity index (χ2n) is 6.59. The van der Waals surface area contributed by atoms with Crippen LogP contribution in [-0.2, 0) is 4.74 Å². The lowest BCUT2D eigenvalue weighted by Crippen LogP contribution is -2.57. The van der Waals surface area contributed by atoms with E-state index in [0.717, 1.165) is 5.69 Å². The molecule has 8 nitrogen and oxygen atoms in total. The first-order chi connectivity index (χ1) is 14.1. The van der Waals surface area contributed by atoms with E-state index in [2.05, 4.69) is 20.2 Å². The average molecular weight is 398 g/mol. The maximum atomic E-state index is 13.3. The Bertz CT molecular complexity index is 911. The number of nitrogens with one attached hydrogen (secondary N) is 1. The Kier molecular flexibility index (Phi) is 5.48. The third-order valence-electron chi connectivity index (χ3n) is 4.69. The standard InChI is InChI=1S/C20H23FN6O2/c1-28-17-4-2-3-16(13-17)27-19(23-15-7-5-14(21)6-8-15)24-18(22)25-20(27)26-9-11-29-12-10-26/h2-8,13,19,23H,9-12H2,1H3,(H2,22,24). The lowest BCUT2D eigenvalue weighted by molar-refractivity contribution is 0.0671. The summed E-state index contributed by atoms with van der Waals surface area (Å²) in [6.07, 6.45) is -0.567. The molecule has 1 atom stereocenters. The summed E-state index contributed by atoms with van der Waals surface area (Å²) in [7, 11) is 1.62. The Labute approximate surface area is 168 Å². The number of guanidine groups is 2. The molecule has 2 aromatic carbocycles. The molecular weight excluding hydrogens is 375 g/mol. The van der Waals surface area contributed by atoms with Crippen molar-refractivity contribution < 1.29 is 13.9 Å². The van der Waals surface area contributed by atoms with Gasteiger partial charge in [-0.05, 0) is 36.4 Å². The number of nitrogens with zero attached hydrogens (tertiary/aromatic N) is 4. The fourth-order valence-electron chi connectivity index (χ4n) is 3.27. The zero-order valence-corrected chi connectivity index (χ0v) is 16.1. The summed E-state index contributed by atoms with van der Waals surface area (Å²) in [5.41, 5.74) is 7.60. The summed E-state index contributed by atoms with van der Waals surface area (Å²) in [5.74, 6) is 1.26. The Morgan fingerprint density at radius 3 is 2.66 bits per heavy atom. The summed E-state index contributed by atoms with van der Waals surface area (Å²) in [4.78, 5) is 13.1. The number of morpholine rings is 1. The number of halogens is 1. The first kappa shape index (κ1) is 19.0. The van der Waals surface area contributed by atoms with E-state index < -0.39 is 6.29 Å². The number of nitrogens with two attached hydrogens (primary N) is 1. The van der Waals surface area contributed by atoms with Crippen molar-refractivity contribution in [2.45, 2.75) is 6.29 Å². The second-order valence-corrected chi connectivity index (χ2v) is 6.59. The Hall–Kier alpha value is -3.33. The van der Waals surface area contributed by atoms with Gasteiger partial charge in [-0.25, -0.2) is 9.38 Å². The van der Waals surface area contributed by atoms with E-state index in [1.54, 1.807) is 19.2 Å². The van der Waals surface area contributed by atoms with Crippen LogP contribution in [0.4, 0.5) is 15.8 Å². The molecule has 0 saturated carbocycles. The predicted molar refractivity (Wildman–Crippen MR) is 111 cm³/mol. The molecule has 2 aliphatic heterocycles. The zero-order chi connectivity index (χ0) is 20.2. The molecule has 1 saturated heterocycles. The van der Waals surface area contributed by atoms with Crippen LogP contribution in [0.2, 0.25) is 0 Å². The van der Waals surface area contributed by atoms with E-state index in [0.29, 0.717) is 43.7 Å². The minimum Gasteiger partial charge on any atom is -0.497 e. The molecule has 9 heteroatoms. The van der Waals surface area contributed by atoms with Crippen molar-refractivity contribution in [3.05, 3.63) is 54.3 Å². The highest BCUT2D eigenvalue weighted by atomic mass is 19.1. The van der Waals surface area contributed by atoms with E-state index >= 15 is 0 Å². The van der Waals surface area contributed by atoms with Crippen LogP contribution >= 0.6 is 0 Å². The van der Waals surface area contributed by atoms with Gasteiger partial charge in [0.05, 0.1) is 26.0 Å². The van der Waals surface area contributed by atoms with Gasteiger partial charge >= 0.3 is 0 Å². The van der Waals surface area contributed by atoms with Gasteiger partial charge in [-0.2, -0.15) is 4.99 Å². The molecule has 0 amide bonds. The van der Waals surface area contributed by atoms with Crippen molar-refractivity contribution in [2.24, 2.45) is 15.7 Å². The van der Waals surface area contributed by atoms with Crippen LogP contribution in [0.3, 0.4) is 0 Å². The molecule has 3 N–H and O–H groups in total. The Morgan fingerprint density at radius 1 is 1.17 bits per heavy atom.